The van der Waals surface area contributed by atoms with Crippen LogP contribution < -0.4 is 5.32 Å². The molecule has 0 spiro atoms. The van der Waals surface area contributed by atoms with Crippen molar-refractivity contribution < 1.29 is 15.3 Å². The molecule has 1 heterocycles. The number of benzene rings is 1. The summed E-state index contributed by atoms with van der Waals surface area (Å²) in [6.07, 6.45) is -0.898. The predicted octanol–water partition coefficient (Wildman–Crippen LogP) is -0.469. The highest BCUT2D eigenvalue weighted by molar-refractivity contribution is 5.16. The number of aliphatic hydroxyl groups excluding tert-OH is 3. The van der Waals surface area contributed by atoms with Crippen molar-refractivity contribution in [2.24, 2.45) is 5.92 Å². The third-order valence-corrected chi connectivity index (χ3v) is 3.45. The molecule has 4 atom stereocenters. The molecule has 17 heavy (non-hydrogen) atoms. The van der Waals surface area contributed by atoms with Crippen LogP contribution in [0.2, 0.25) is 0 Å². The fraction of sp³-hybridized carbons (Fsp3) is 0.538. The van der Waals surface area contributed by atoms with Gasteiger partial charge in [0.15, 0.2) is 0 Å². The topological polar surface area (TPSA) is 72.7 Å². The van der Waals surface area contributed by atoms with Crippen LogP contribution in [0.25, 0.3) is 0 Å². The highest BCUT2D eigenvalue weighted by atomic mass is 16.3. The maximum atomic E-state index is 9.84. The first-order valence-electron chi connectivity index (χ1n) is 5.96. The van der Waals surface area contributed by atoms with E-state index in [1.54, 1.807) is 0 Å². The van der Waals surface area contributed by atoms with Crippen LogP contribution in [0.3, 0.4) is 0 Å². The van der Waals surface area contributed by atoms with Crippen LogP contribution in [-0.2, 0) is 6.42 Å². The second-order valence-corrected chi connectivity index (χ2v) is 4.61. The third kappa shape index (κ3) is 2.84. The number of rotatable bonds is 3. The van der Waals surface area contributed by atoms with Gasteiger partial charge in [-0.1, -0.05) is 30.3 Å². The zero-order valence-corrected chi connectivity index (χ0v) is 9.66. The van der Waals surface area contributed by atoms with Gasteiger partial charge in [-0.2, -0.15) is 0 Å². The van der Waals surface area contributed by atoms with Gasteiger partial charge in [0.1, 0.15) is 0 Å². The Hall–Kier alpha value is -0.940. The molecule has 0 amide bonds. The highest BCUT2D eigenvalue weighted by Crippen LogP contribution is 2.20. The summed E-state index contributed by atoms with van der Waals surface area (Å²) in [5.74, 6) is -0.320. The summed E-state index contributed by atoms with van der Waals surface area (Å²) < 4.78 is 0. The van der Waals surface area contributed by atoms with Gasteiger partial charge in [-0.15, -0.1) is 0 Å². The summed E-state index contributed by atoms with van der Waals surface area (Å²) in [6.45, 7) is 0.248. The maximum absolute atomic E-state index is 9.84. The Bertz CT molecular complexity index is 344. The lowest BCUT2D eigenvalue weighted by molar-refractivity contribution is -0.0664. The summed E-state index contributed by atoms with van der Waals surface area (Å²) in [5.41, 5.74) is 1.16. The minimum atomic E-state index is -0.852. The minimum Gasteiger partial charge on any atom is -0.396 e. The molecule has 2 rings (SSSR count). The first-order valence-corrected chi connectivity index (χ1v) is 5.96. The van der Waals surface area contributed by atoms with Crippen LogP contribution >= 0.6 is 0 Å². The Morgan fingerprint density at radius 2 is 1.88 bits per heavy atom. The summed E-state index contributed by atoms with van der Waals surface area (Å²) in [7, 11) is 0. The number of β-amino-alcohol motifs (C(OH)–C–C–N with tert-alkyl or cyclic N) is 1. The first-order chi connectivity index (χ1) is 8.22. The second kappa shape index (κ2) is 5.60. The van der Waals surface area contributed by atoms with E-state index in [0.29, 0.717) is 6.54 Å². The fourth-order valence-corrected chi connectivity index (χ4v) is 2.39. The molecular formula is C13H19NO3. The number of hydrogen-bond donors (Lipinski definition) is 4. The third-order valence-electron chi connectivity index (χ3n) is 3.45. The summed E-state index contributed by atoms with van der Waals surface area (Å²) in [5, 5.41) is 31.9. The lowest BCUT2D eigenvalue weighted by Crippen LogP contribution is -2.58. The van der Waals surface area contributed by atoms with Gasteiger partial charge in [-0.3, -0.25) is 0 Å². The number of nitrogens with one attached hydrogen (secondary N) is 1. The van der Waals surface area contributed by atoms with Gasteiger partial charge in [0.2, 0.25) is 0 Å². The van der Waals surface area contributed by atoms with Crippen LogP contribution in [0, 0.1) is 5.92 Å². The van der Waals surface area contributed by atoms with Crippen molar-refractivity contribution in [1.82, 2.24) is 5.32 Å². The quantitative estimate of drug-likeness (QED) is 0.573. The standard InChI is InChI=1S/C13H19NO3/c15-8-10-11(14-7-12(16)13(10)17)6-9-4-2-1-3-5-9/h1-5,10-17H,6-8H2/t10-,11?,12+,13+/m0/s1. The number of piperidine rings is 1. The van der Waals surface area contributed by atoms with Crippen molar-refractivity contribution >= 4 is 0 Å². The van der Waals surface area contributed by atoms with Crippen molar-refractivity contribution in [3.05, 3.63) is 35.9 Å². The van der Waals surface area contributed by atoms with Crippen molar-refractivity contribution in [3.8, 4) is 0 Å². The average Bonchev–Trinajstić information content (AvgIpc) is 2.36. The average molecular weight is 237 g/mol. The number of hydrogen-bond acceptors (Lipinski definition) is 4. The van der Waals surface area contributed by atoms with E-state index in [0.717, 1.165) is 12.0 Å². The molecule has 1 aliphatic heterocycles. The molecule has 1 aromatic carbocycles. The van der Waals surface area contributed by atoms with Gasteiger partial charge in [0.25, 0.3) is 0 Å². The summed E-state index contributed by atoms with van der Waals surface area (Å²) in [6, 6.07) is 9.94. The van der Waals surface area contributed by atoms with Crippen molar-refractivity contribution in [2.45, 2.75) is 24.7 Å². The van der Waals surface area contributed by atoms with E-state index in [-0.39, 0.29) is 18.6 Å². The van der Waals surface area contributed by atoms with Crippen molar-refractivity contribution in [1.29, 1.82) is 0 Å². The highest BCUT2D eigenvalue weighted by Gasteiger charge is 2.36. The molecule has 0 aromatic heterocycles. The fourth-order valence-electron chi connectivity index (χ4n) is 2.39. The molecule has 0 bridgehead atoms. The van der Waals surface area contributed by atoms with Crippen LogP contribution in [-0.4, -0.2) is 46.7 Å². The van der Waals surface area contributed by atoms with Gasteiger partial charge < -0.3 is 20.6 Å². The van der Waals surface area contributed by atoms with Crippen LogP contribution in [0.1, 0.15) is 5.56 Å². The Labute approximate surface area is 101 Å². The molecule has 4 heteroatoms. The molecule has 1 aliphatic rings. The Kier molecular flexibility index (Phi) is 4.12. The number of aliphatic hydroxyl groups is 3. The Morgan fingerprint density at radius 1 is 1.18 bits per heavy atom. The molecule has 4 nitrogen and oxygen atoms in total. The molecule has 0 saturated carbocycles. The maximum Gasteiger partial charge on any atom is 0.0927 e. The van der Waals surface area contributed by atoms with E-state index in [2.05, 4.69) is 5.32 Å². The van der Waals surface area contributed by atoms with Crippen molar-refractivity contribution in [2.75, 3.05) is 13.2 Å². The smallest absolute Gasteiger partial charge is 0.0927 e. The molecular weight excluding hydrogens is 218 g/mol. The first kappa shape index (κ1) is 12.5. The van der Waals surface area contributed by atoms with Gasteiger partial charge in [-0.25, -0.2) is 0 Å². The van der Waals surface area contributed by atoms with Gasteiger partial charge >= 0.3 is 0 Å². The van der Waals surface area contributed by atoms with E-state index >= 15 is 0 Å². The monoisotopic (exact) mass is 237 g/mol. The second-order valence-electron chi connectivity index (χ2n) is 4.61. The van der Waals surface area contributed by atoms with E-state index in [1.165, 1.54) is 0 Å². The molecule has 94 valence electrons. The predicted molar refractivity (Wildman–Crippen MR) is 64.5 cm³/mol. The van der Waals surface area contributed by atoms with Crippen LogP contribution in [0.4, 0.5) is 0 Å². The summed E-state index contributed by atoms with van der Waals surface area (Å²) >= 11 is 0. The zero-order valence-electron chi connectivity index (χ0n) is 9.66. The Balaban J connectivity index is 2.05. The molecule has 1 saturated heterocycles. The van der Waals surface area contributed by atoms with Crippen LogP contribution in [0.15, 0.2) is 30.3 Å². The molecule has 1 fully saturated rings. The van der Waals surface area contributed by atoms with E-state index in [4.69, 9.17) is 0 Å². The summed E-state index contributed by atoms with van der Waals surface area (Å²) in [4.78, 5) is 0. The van der Waals surface area contributed by atoms with Gasteiger partial charge in [0.05, 0.1) is 12.2 Å². The van der Waals surface area contributed by atoms with Crippen LogP contribution in [0.5, 0.6) is 0 Å². The SMILES string of the molecule is OC[C@H]1C(Cc2ccccc2)NC[C@@H](O)[C@@H]1O. The molecule has 1 aromatic rings. The van der Waals surface area contributed by atoms with E-state index in [1.807, 2.05) is 30.3 Å². The molecule has 0 aliphatic carbocycles. The van der Waals surface area contributed by atoms with Crippen molar-refractivity contribution in [3.63, 3.8) is 0 Å². The lowest BCUT2D eigenvalue weighted by Gasteiger charge is -2.38. The largest absolute Gasteiger partial charge is 0.396 e. The molecule has 4 N–H and O–H groups in total. The van der Waals surface area contributed by atoms with E-state index < -0.39 is 12.2 Å². The minimum absolute atomic E-state index is 0.000741. The molecule has 1 unspecified atom stereocenters. The van der Waals surface area contributed by atoms with Gasteiger partial charge in [-0.05, 0) is 12.0 Å². The molecule has 0 radical (unpaired) electrons. The van der Waals surface area contributed by atoms with E-state index in [9.17, 15) is 15.3 Å². The lowest BCUT2D eigenvalue weighted by atomic mass is 9.84. The zero-order chi connectivity index (χ0) is 12.3. The Morgan fingerprint density at radius 3 is 2.53 bits per heavy atom. The van der Waals surface area contributed by atoms with Gasteiger partial charge in [0, 0.05) is 25.1 Å². The normalized spacial score (nSPS) is 33.6.